The van der Waals surface area contributed by atoms with Gasteiger partial charge in [-0.05, 0) is 13.0 Å². The molecule has 7 nitrogen and oxygen atoms in total. The Bertz CT molecular complexity index is 746. The smallest absolute Gasteiger partial charge is 0.336 e. The van der Waals surface area contributed by atoms with Gasteiger partial charge in [0, 0.05) is 30.7 Å². The van der Waals surface area contributed by atoms with Crippen LogP contribution in [0, 0.1) is 6.92 Å². The molecular weight excluding hydrogens is 302 g/mol. The second kappa shape index (κ2) is 5.35. The van der Waals surface area contributed by atoms with Crippen molar-refractivity contribution in [1.82, 2.24) is 14.5 Å². The highest BCUT2D eigenvalue weighted by molar-refractivity contribution is 7.91. The fourth-order valence-electron chi connectivity index (χ4n) is 1.64. The van der Waals surface area contributed by atoms with Gasteiger partial charge in [0.1, 0.15) is 4.21 Å². The number of aromatic nitrogens is 2. The Kier molecular flexibility index (Phi) is 3.93. The van der Waals surface area contributed by atoms with Crippen LogP contribution in [0.1, 0.15) is 21.6 Å². The summed E-state index contributed by atoms with van der Waals surface area (Å²) in [5, 5.41) is 14.2. The maximum atomic E-state index is 12.0. The van der Waals surface area contributed by atoms with Crippen LogP contribution in [-0.4, -0.2) is 29.3 Å². The Morgan fingerprint density at radius 2 is 2.25 bits per heavy atom. The number of thiophene rings is 1. The molecule has 0 aliphatic carbocycles. The average Bonchev–Trinajstić information content (AvgIpc) is 2.94. The lowest BCUT2D eigenvalue weighted by Crippen LogP contribution is -2.22. The Hall–Kier alpha value is -1.71. The Balaban J connectivity index is 2.14. The summed E-state index contributed by atoms with van der Waals surface area (Å²) in [5.41, 5.74) is 1.48. The number of nitrogens with zero attached hydrogens (tertiary/aromatic N) is 2. The molecule has 2 aromatic heterocycles. The maximum Gasteiger partial charge on any atom is 0.336 e. The molecule has 0 unspecified atom stereocenters. The van der Waals surface area contributed by atoms with Gasteiger partial charge in [-0.15, -0.1) is 11.3 Å². The van der Waals surface area contributed by atoms with Crippen LogP contribution in [0.15, 0.2) is 21.9 Å². The van der Waals surface area contributed by atoms with Crippen molar-refractivity contribution in [3.8, 4) is 0 Å². The minimum Gasteiger partial charge on any atom is -0.478 e. The number of carboxylic acids is 1. The topological polar surface area (TPSA) is 101 Å². The lowest BCUT2D eigenvalue weighted by Gasteiger charge is -2.03. The molecule has 9 heteroatoms. The molecule has 20 heavy (non-hydrogen) atoms. The van der Waals surface area contributed by atoms with Gasteiger partial charge in [-0.1, -0.05) is 0 Å². The molecule has 0 saturated heterocycles. The van der Waals surface area contributed by atoms with Crippen LogP contribution in [0.25, 0.3) is 0 Å². The Morgan fingerprint density at radius 3 is 2.75 bits per heavy atom. The van der Waals surface area contributed by atoms with Crippen LogP contribution in [0.5, 0.6) is 0 Å². The van der Waals surface area contributed by atoms with E-state index in [0.717, 1.165) is 28.7 Å². The van der Waals surface area contributed by atoms with Gasteiger partial charge in [0.15, 0.2) is 0 Å². The van der Waals surface area contributed by atoms with Crippen LogP contribution in [0.4, 0.5) is 0 Å². The van der Waals surface area contributed by atoms with Gasteiger partial charge in [-0.2, -0.15) is 5.10 Å². The summed E-state index contributed by atoms with van der Waals surface area (Å²) in [7, 11) is -1.96. The van der Waals surface area contributed by atoms with Gasteiger partial charge in [0.2, 0.25) is 10.0 Å². The van der Waals surface area contributed by atoms with Gasteiger partial charge in [0.05, 0.1) is 11.3 Å². The van der Waals surface area contributed by atoms with E-state index < -0.39 is 16.0 Å². The van der Waals surface area contributed by atoms with Crippen molar-refractivity contribution in [3.63, 3.8) is 0 Å². The summed E-state index contributed by atoms with van der Waals surface area (Å²) in [5.74, 6) is -1.15. The predicted molar refractivity (Wildman–Crippen MR) is 73.2 cm³/mol. The van der Waals surface area contributed by atoms with Crippen molar-refractivity contribution < 1.29 is 18.3 Å². The van der Waals surface area contributed by atoms with Crippen LogP contribution in [0.3, 0.4) is 0 Å². The molecule has 0 aliphatic heterocycles. The number of aryl methyl sites for hydroxylation is 2. The highest BCUT2D eigenvalue weighted by Gasteiger charge is 2.19. The van der Waals surface area contributed by atoms with E-state index in [2.05, 4.69) is 9.82 Å². The molecule has 0 aliphatic rings. The maximum absolute atomic E-state index is 12.0. The monoisotopic (exact) mass is 315 g/mol. The Labute approximate surface area is 119 Å². The second-order valence-corrected chi connectivity index (χ2v) is 7.10. The van der Waals surface area contributed by atoms with Gasteiger partial charge < -0.3 is 5.11 Å². The minimum atomic E-state index is -3.71. The number of aromatic carboxylic acids is 1. The van der Waals surface area contributed by atoms with E-state index in [1.165, 1.54) is 5.38 Å². The summed E-state index contributed by atoms with van der Waals surface area (Å²) in [6.45, 7) is 1.90. The van der Waals surface area contributed by atoms with Gasteiger partial charge in [-0.25, -0.2) is 17.9 Å². The molecule has 0 atom stereocenters. The molecule has 2 heterocycles. The van der Waals surface area contributed by atoms with Crippen molar-refractivity contribution in [1.29, 1.82) is 0 Å². The molecule has 2 N–H and O–H groups in total. The third-order valence-electron chi connectivity index (χ3n) is 2.65. The first-order valence-electron chi connectivity index (χ1n) is 5.60. The summed E-state index contributed by atoms with van der Waals surface area (Å²) >= 11 is 0.877. The zero-order valence-corrected chi connectivity index (χ0v) is 12.5. The number of hydrogen-bond donors (Lipinski definition) is 2. The fourth-order valence-corrected chi connectivity index (χ4v) is 3.84. The largest absolute Gasteiger partial charge is 0.478 e. The zero-order valence-electron chi connectivity index (χ0n) is 10.8. The van der Waals surface area contributed by atoms with E-state index >= 15 is 0 Å². The summed E-state index contributed by atoms with van der Waals surface area (Å²) < 4.78 is 28.1. The highest BCUT2D eigenvalue weighted by Crippen LogP contribution is 2.20. The molecule has 0 saturated carbocycles. The predicted octanol–water partition coefficient (Wildman–Crippen LogP) is 0.967. The SMILES string of the molecule is Cc1nn(C)cc1CNS(=O)(=O)c1cc(C(=O)O)cs1. The number of sulfonamides is 1. The standard InChI is InChI=1S/C11H13N3O4S2/c1-7-9(5-14(2)13-7)4-12-20(17,18)10-3-8(6-19-10)11(15)16/h3,5-6,12H,4H2,1-2H3,(H,15,16). The second-order valence-electron chi connectivity index (χ2n) is 4.20. The molecular formula is C11H13N3O4S2. The van der Waals surface area contributed by atoms with Crippen molar-refractivity contribution in [2.45, 2.75) is 17.7 Å². The van der Waals surface area contributed by atoms with Crippen molar-refractivity contribution in [2.75, 3.05) is 0 Å². The van der Waals surface area contributed by atoms with Gasteiger partial charge in [0.25, 0.3) is 0 Å². The quantitative estimate of drug-likeness (QED) is 0.856. The normalized spacial score (nSPS) is 11.7. The molecule has 0 spiro atoms. The van der Waals surface area contributed by atoms with Crippen LogP contribution < -0.4 is 4.72 Å². The first kappa shape index (κ1) is 14.7. The minimum absolute atomic E-state index is 0.0172. The van der Waals surface area contributed by atoms with E-state index in [1.807, 2.05) is 0 Å². The highest BCUT2D eigenvalue weighted by atomic mass is 32.2. The number of rotatable bonds is 5. The average molecular weight is 315 g/mol. The number of hydrogen-bond acceptors (Lipinski definition) is 5. The summed E-state index contributed by atoms with van der Waals surface area (Å²) in [6, 6.07) is 1.14. The molecule has 0 amide bonds. The molecule has 2 rings (SSSR count). The third-order valence-corrected chi connectivity index (χ3v) is 5.50. The van der Waals surface area contributed by atoms with Crippen molar-refractivity contribution in [2.24, 2.45) is 7.05 Å². The van der Waals surface area contributed by atoms with E-state index in [1.54, 1.807) is 24.9 Å². The first-order chi connectivity index (χ1) is 9.29. The van der Waals surface area contributed by atoms with Crippen LogP contribution in [0.2, 0.25) is 0 Å². The molecule has 0 fully saturated rings. The lowest BCUT2D eigenvalue weighted by atomic mass is 10.3. The number of carbonyl (C=O) groups is 1. The van der Waals surface area contributed by atoms with E-state index in [0.29, 0.717) is 0 Å². The molecule has 0 bridgehead atoms. The van der Waals surface area contributed by atoms with Crippen LogP contribution in [-0.2, 0) is 23.6 Å². The number of carboxylic acid groups (broad SMARTS) is 1. The summed E-state index contributed by atoms with van der Waals surface area (Å²) in [4.78, 5) is 10.7. The van der Waals surface area contributed by atoms with Crippen molar-refractivity contribution in [3.05, 3.63) is 34.5 Å². The third kappa shape index (κ3) is 3.06. The van der Waals surface area contributed by atoms with Crippen molar-refractivity contribution >= 4 is 27.3 Å². The fraction of sp³-hybridized carbons (Fsp3) is 0.273. The number of nitrogens with one attached hydrogen (secondary N) is 1. The molecule has 0 aromatic carbocycles. The molecule has 2 aromatic rings. The zero-order chi connectivity index (χ0) is 14.9. The molecule has 108 valence electrons. The Morgan fingerprint density at radius 1 is 1.55 bits per heavy atom. The first-order valence-corrected chi connectivity index (χ1v) is 7.96. The van der Waals surface area contributed by atoms with Crippen LogP contribution >= 0.6 is 11.3 Å². The van der Waals surface area contributed by atoms with E-state index in [9.17, 15) is 13.2 Å². The van der Waals surface area contributed by atoms with Gasteiger partial charge >= 0.3 is 5.97 Å². The van der Waals surface area contributed by atoms with Gasteiger partial charge in [-0.3, -0.25) is 4.68 Å². The lowest BCUT2D eigenvalue weighted by molar-refractivity contribution is 0.0697. The summed E-state index contributed by atoms with van der Waals surface area (Å²) in [6.07, 6.45) is 1.73. The van der Waals surface area contributed by atoms with E-state index in [4.69, 9.17) is 5.11 Å². The van der Waals surface area contributed by atoms with E-state index in [-0.39, 0.29) is 16.3 Å². The molecule has 0 radical (unpaired) electrons.